The van der Waals surface area contributed by atoms with Gasteiger partial charge in [-0.15, -0.1) is 0 Å². The smallest absolute Gasteiger partial charge is 0.123 e. The van der Waals surface area contributed by atoms with Crippen molar-refractivity contribution >= 4 is 0 Å². The lowest BCUT2D eigenvalue weighted by Gasteiger charge is -2.18. The summed E-state index contributed by atoms with van der Waals surface area (Å²) in [4.78, 5) is 0. The van der Waals surface area contributed by atoms with Crippen LogP contribution >= 0.6 is 0 Å². The fourth-order valence-electron chi connectivity index (χ4n) is 2.79. The van der Waals surface area contributed by atoms with Gasteiger partial charge in [-0.2, -0.15) is 0 Å². The topological polar surface area (TPSA) is 52.5 Å². The van der Waals surface area contributed by atoms with E-state index in [0.29, 0.717) is 12.6 Å². The SMILES string of the molecule is C.C.Oc1ccc(CNC2CCCCCCCC2)c(O)c1. The number of phenols is 2. The Balaban J connectivity index is 0.00000200. The number of benzene rings is 1. The van der Waals surface area contributed by atoms with Crippen molar-refractivity contribution < 1.29 is 10.2 Å². The molecule has 0 radical (unpaired) electrons. The minimum atomic E-state index is 0. The molecule has 3 heteroatoms. The standard InChI is InChI=1S/C16H25NO2.2CH4/c18-15-10-9-13(16(19)11-15)12-17-14-7-5-3-1-2-4-6-8-14;;/h9-11,14,17-19H,1-8,12H2;2*1H4. The molecule has 1 saturated carbocycles. The fraction of sp³-hybridized carbons (Fsp3) is 0.667. The molecule has 122 valence electrons. The summed E-state index contributed by atoms with van der Waals surface area (Å²) >= 11 is 0. The molecule has 1 aromatic carbocycles. The Morgan fingerprint density at radius 2 is 1.48 bits per heavy atom. The zero-order valence-electron chi connectivity index (χ0n) is 11.6. The van der Waals surface area contributed by atoms with Crippen LogP contribution in [0.5, 0.6) is 11.5 Å². The van der Waals surface area contributed by atoms with Gasteiger partial charge in [0.05, 0.1) is 0 Å². The summed E-state index contributed by atoms with van der Waals surface area (Å²) in [5.41, 5.74) is 0.859. The first kappa shape index (κ1) is 19.8. The van der Waals surface area contributed by atoms with Crippen molar-refractivity contribution in [1.82, 2.24) is 5.32 Å². The van der Waals surface area contributed by atoms with Crippen LogP contribution in [-0.4, -0.2) is 16.3 Å². The molecular weight excluding hydrogens is 262 g/mol. The van der Waals surface area contributed by atoms with E-state index >= 15 is 0 Å². The number of nitrogens with one attached hydrogen (secondary N) is 1. The van der Waals surface area contributed by atoms with Crippen molar-refractivity contribution in [3.8, 4) is 11.5 Å². The van der Waals surface area contributed by atoms with E-state index < -0.39 is 0 Å². The lowest BCUT2D eigenvalue weighted by Crippen LogP contribution is -2.28. The van der Waals surface area contributed by atoms with Crippen LogP contribution in [0.2, 0.25) is 0 Å². The Hall–Kier alpha value is -1.22. The Morgan fingerprint density at radius 1 is 0.905 bits per heavy atom. The molecule has 2 rings (SSSR count). The summed E-state index contributed by atoms with van der Waals surface area (Å²) in [7, 11) is 0. The van der Waals surface area contributed by atoms with E-state index in [0.717, 1.165) is 5.56 Å². The summed E-state index contributed by atoms with van der Waals surface area (Å²) in [5.74, 6) is 0.291. The average Bonchev–Trinajstić information content (AvgIpc) is 2.51. The molecule has 0 bridgehead atoms. The average molecular weight is 295 g/mol. The molecule has 0 saturated heterocycles. The summed E-state index contributed by atoms with van der Waals surface area (Å²) in [6.07, 6.45) is 10.5. The highest BCUT2D eigenvalue weighted by molar-refractivity contribution is 5.38. The number of hydrogen-bond acceptors (Lipinski definition) is 3. The Labute approximate surface area is 130 Å². The van der Waals surface area contributed by atoms with Crippen LogP contribution in [0.25, 0.3) is 0 Å². The minimum absolute atomic E-state index is 0. The number of rotatable bonds is 3. The molecule has 3 nitrogen and oxygen atoms in total. The van der Waals surface area contributed by atoms with Gasteiger partial charge in [0.15, 0.2) is 0 Å². The van der Waals surface area contributed by atoms with E-state index in [1.807, 2.05) is 0 Å². The molecule has 21 heavy (non-hydrogen) atoms. The number of hydrogen-bond donors (Lipinski definition) is 3. The van der Waals surface area contributed by atoms with E-state index in [9.17, 15) is 10.2 Å². The molecule has 1 aromatic rings. The molecule has 0 unspecified atom stereocenters. The molecule has 0 atom stereocenters. The van der Waals surface area contributed by atoms with Crippen LogP contribution in [-0.2, 0) is 6.54 Å². The molecule has 1 aliphatic carbocycles. The van der Waals surface area contributed by atoms with Crippen molar-refractivity contribution in [3.63, 3.8) is 0 Å². The molecule has 3 N–H and O–H groups in total. The van der Waals surface area contributed by atoms with E-state index in [1.165, 1.54) is 57.4 Å². The number of phenolic OH excluding ortho intramolecular Hbond substituents is 2. The maximum Gasteiger partial charge on any atom is 0.123 e. The Morgan fingerprint density at radius 3 is 2.05 bits per heavy atom. The highest BCUT2D eigenvalue weighted by Crippen LogP contribution is 2.23. The van der Waals surface area contributed by atoms with Gasteiger partial charge in [-0.25, -0.2) is 0 Å². The summed E-state index contributed by atoms with van der Waals surface area (Å²) in [6, 6.07) is 5.37. The van der Waals surface area contributed by atoms with Crippen molar-refractivity contribution in [2.75, 3.05) is 0 Å². The highest BCUT2D eigenvalue weighted by atomic mass is 16.3. The van der Waals surface area contributed by atoms with Gasteiger partial charge >= 0.3 is 0 Å². The van der Waals surface area contributed by atoms with Gasteiger partial charge in [-0.05, 0) is 18.9 Å². The van der Waals surface area contributed by atoms with Gasteiger partial charge in [0.1, 0.15) is 11.5 Å². The van der Waals surface area contributed by atoms with Gasteiger partial charge < -0.3 is 15.5 Å². The molecule has 0 amide bonds. The molecule has 1 fully saturated rings. The third-order valence-electron chi connectivity index (χ3n) is 4.01. The largest absolute Gasteiger partial charge is 0.508 e. The van der Waals surface area contributed by atoms with Crippen molar-refractivity contribution in [2.24, 2.45) is 0 Å². The van der Waals surface area contributed by atoms with Gasteiger partial charge in [-0.3, -0.25) is 0 Å². The van der Waals surface area contributed by atoms with Crippen LogP contribution in [0.15, 0.2) is 18.2 Å². The zero-order chi connectivity index (χ0) is 13.5. The Bertz CT molecular complexity index is 383. The monoisotopic (exact) mass is 295 g/mol. The van der Waals surface area contributed by atoms with Crippen molar-refractivity contribution in [1.29, 1.82) is 0 Å². The molecule has 0 spiro atoms. The lowest BCUT2D eigenvalue weighted by atomic mass is 10.0. The summed E-state index contributed by atoms with van der Waals surface area (Å²) in [5, 5.41) is 22.6. The van der Waals surface area contributed by atoms with E-state index in [-0.39, 0.29) is 26.4 Å². The predicted octanol–water partition coefficient (Wildman–Crippen LogP) is 4.96. The quantitative estimate of drug-likeness (QED) is 0.738. The molecule has 0 aliphatic heterocycles. The molecule has 1 aliphatic rings. The lowest BCUT2D eigenvalue weighted by molar-refractivity contribution is 0.417. The zero-order valence-corrected chi connectivity index (χ0v) is 11.6. The highest BCUT2D eigenvalue weighted by Gasteiger charge is 2.11. The molecule has 0 aromatic heterocycles. The molecular formula is C18H33NO2. The first-order chi connectivity index (χ1) is 9.25. The summed E-state index contributed by atoms with van der Waals surface area (Å²) in [6.45, 7) is 0.677. The van der Waals surface area contributed by atoms with Gasteiger partial charge in [0.2, 0.25) is 0 Å². The van der Waals surface area contributed by atoms with E-state index in [4.69, 9.17) is 0 Å². The maximum atomic E-state index is 9.77. The van der Waals surface area contributed by atoms with Crippen LogP contribution in [0.4, 0.5) is 0 Å². The second-order valence-electron chi connectivity index (χ2n) is 5.59. The number of aromatic hydroxyl groups is 2. The molecule has 0 heterocycles. The first-order valence-corrected chi connectivity index (χ1v) is 7.50. The van der Waals surface area contributed by atoms with Crippen molar-refractivity contribution in [3.05, 3.63) is 23.8 Å². The van der Waals surface area contributed by atoms with E-state index in [1.54, 1.807) is 12.1 Å². The summed E-state index contributed by atoms with van der Waals surface area (Å²) < 4.78 is 0. The third kappa shape index (κ3) is 6.85. The van der Waals surface area contributed by atoms with E-state index in [2.05, 4.69) is 5.32 Å². The van der Waals surface area contributed by atoms with Crippen LogP contribution in [0.1, 0.15) is 71.8 Å². The maximum absolute atomic E-state index is 9.77. The second-order valence-corrected chi connectivity index (χ2v) is 5.59. The first-order valence-electron chi connectivity index (χ1n) is 7.50. The van der Waals surface area contributed by atoms with Gasteiger partial charge in [0.25, 0.3) is 0 Å². The predicted molar refractivity (Wildman–Crippen MR) is 90.8 cm³/mol. The van der Waals surface area contributed by atoms with Crippen LogP contribution < -0.4 is 5.32 Å². The van der Waals surface area contributed by atoms with Crippen LogP contribution in [0.3, 0.4) is 0 Å². The van der Waals surface area contributed by atoms with Gasteiger partial charge in [-0.1, -0.05) is 59.4 Å². The Kier molecular flexibility index (Phi) is 9.89. The fourth-order valence-corrected chi connectivity index (χ4v) is 2.79. The third-order valence-corrected chi connectivity index (χ3v) is 4.01. The van der Waals surface area contributed by atoms with Crippen LogP contribution in [0, 0.1) is 0 Å². The normalized spacial score (nSPS) is 16.8. The minimum Gasteiger partial charge on any atom is -0.508 e. The van der Waals surface area contributed by atoms with Gasteiger partial charge in [0, 0.05) is 24.2 Å². The van der Waals surface area contributed by atoms with Crippen molar-refractivity contribution in [2.45, 2.75) is 78.8 Å². The second kappa shape index (κ2) is 10.5.